The van der Waals surface area contributed by atoms with E-state index in [4.69, 9.17) is 0 Å². The molecule has 12 heavy (non-hydrogen) atoms. The Bertz CT molecular complexity index is 210. The minimum absolute atomic E-state index is 0.541. The van der Waals surface area contributed by atoms with Crippen molar-refractivity contribution in [2.24, 2.45) is 17.3 Å². The molecule has 2 saturated carbocycles. The highest BCUT2D eigenvalue weighted by Gasteiger charge is 2.48. The molecule has 2 fully saturated rings. The topological polar surface area (TPSA) is 0 Å². The zero-order valence-corrected chi connectivity index (χ0v) is 8.56. The van der Waals surface area contributed by atoms with Crippen molar-refractivity contribution in [1.29, 1.82) is 0 Å². The van der Waals surface area contributed by atoms with Crippen molar-refractivity contribution in [1.82, 2.24) is 0 Å². The molecule has 0 aromatic heterocycles. The first-order chi connectivity index (χ1) is 5.66. The summed E-state index contributed by atoms with van der Waals surface area (Å²) in [7, 11) is 0. The molecule has 2 atom stereocenters. The number of fused-ring (bicyclic) bond motifs is 2. The molecule has 0 radical (unpaired) electrons. The van der Waals surface area contributed by atoms with Crippen molar-refractivity contribution in [2.45, 2.75) is 46.5 Å². The van der Waals surface area contributed by atoms with E-state index in [1.807, 2.05) is 0 Å². The van der Waals surface area contributed by atoms with Crippen molar-refractivity contribution < 1.29 is 0 Å². The van der Waals surface area contributed by atoms with E-state index in [-0.39, 0.29) is 0 Å². The van der Waals surface area contributed by atoms with E-state index >= 15 is 0 Å². The van der Waals surface area contributed by atoms with Crippen LogP contribution in [0.15, 0.2) is 11.6 Å². The highest BCUT2D eigenvalue weighted by molar-refractivity contribution is 5.25. The SMILES string of the molecule is CCC=C1C2CCC(C2)C1(C)C. The molecule has 2 bridgehead atoms. The second-order valence-electron chi connectivity index (χ2n) is 5.00. The van der Waals surface area contributed by atoms with Crippen LogP contribution in [-0.4, -0.2) is 0 Å². The van der Waals surface area contributed by atoms with Crippen LogP contribution in [0.1, 0.15) is 46.5 Å². The fraction of sp³-hybridized carbons (Fsp3) is 0.833. The third-order valence-corrected chi connectivity index (χ3v) is 4.06. The number of allylic oxidation sites excluding steroid dienone is 2. The first kappa shape index (κ1) is 8.34. The standard InChI is InChI=1S/C12H20/c1-4-5-11-9-6-7-10(8-9)12(11,2)3/h5,9-10H,4,6-8H2,1-3H3. The van der Waals surface area contributed by atoms with Gasteiger partial charge in [0.2, 0.25) is 0 Å². The average molecular weight is 164 g/mol. The van der Waals surface area contributed by atoms with Gasteiger partial charge in [0.1, 0.15) is 0 Å². The summed E-state index contributed by atoms with van der Waals surface area (Å²) in [6, 6.07) is 0. The van der Waals surface area contributed by atoms with E-state index in [2.05, 4.69) is 26.8 Å². The van der Waals surface area contributed by atoms with Gasteiger partial charge in [-0.15, -0.1) is 0 Å². The highest BCUT2D eigenvalue weighted by Crippen LogP contribution is 2.58. The van der Waals surface area contributed by atoms with Crippen molar-refractivity contribution in [2.75, 3.05) is 0 Å². The molecule has 2 aliphatic rings. The molecule has 0 spiro atoms. The Morgan fingerprint density at radius 3 is 2.67 bits per heavy atom. The minimum atomic E-state index is 0.541. The molecular weight excluding hydrogens is 144 g/mol. The Hall–Kier alpha value is -0.260. The minimum Gasteiger partial charge on any atom is -0.0848 e. The van der Waals surface area contributed by atoms with Crippen LogP contribution in [-0.2, 0) is 0 Å². The summed E-state index contributed by atoms with van der Waals surface area (Å²) in [5.41, 5.74) is 2.32. The zero-order valence-electron chi connectivity index (χ0n) is 8.56. The first-order valence-corrected chi connectivity index (χ1v) is 5.36. The van der Waals surface area contributed by atoms with Crippen LogP contribution in [0.3, 0.4) is 0 Å². The zero-order chi connectivity index (χ0) is 8.77. The lowest BCUT2D eigenvalue weighted by Crippen LogP contribution is -2.22. The fourth-order valence-electron chi connectivity index (χ4n) is 3.33. The van der Waals surface area contributed by atoms with E-state index in [9.17, 15) is 0 Å². The van der Waals surface area contributed by atoms with E-state index in [1.165, 1.54) is 25.7 Å². The van der Waals surface area contributed by atoms with Gasteiger partial charge in [-0.3, -0.25) is 0 Å². The smallest absolute Gasteiger partial charge is 0.0113 e. The number of hydrogen-bond donors (Lipinski definition) is 0. The third-order valence-electron chi connectivity index (χ3n) is 4.06. The Labute approximate surface area is 76.1 Å². The second kappa shape index (κ2) is 2.61. The second-order valence-corrected chi connectivity index (χ2v) is 5.00. The molecule has 0 heterocycles. The molecule has 0 aliphatic heterocycles. The predicted molar refractivity (Wildman–Crippen MR) is 53.0 cm³/mol. The highest BCUT2D eigenvalue weighted by atomic mass is 14.5. The summed E-state index contributed by atoms with van der Waals surface area (Å²) in [4.78, 5) is 0. The van der Waals surface area contributed by atoms with Gasteiger partial charge in [0.25, 0.3) is 0 Å². The summed E-state index contributed by atoms with van der Waals surface area (Å²) in [6.45, 7) is 7.14. The van der Waals surface area contributed by atoms with Crippen LogP contribution in [0.25, 0.3) is 0 Å². The van der Waals surface area contributed by atoms with E-state index in [0.717, 1.165) is 11.8 Å². The van der Waals surface area contributed by atoms with Gasteiger partial charge in [0.15, 0.2) is 0 Å². The lowest BCUT2D eigenvalue weighted by Gasteiger charge is -2.32. The quantitative estimate of drug-likeness (QED) is 0.517. The molecule has 0 saturated heterocycles. The fourth-order valence-corrected chi connectivity index (χ4v) is 3.33. The monoisotopic (exact) mass is 164 g/mol. The largest absolute Gasteiger partial charge is 0.0848 e. The van der Waals surface area contributed by atoms with Gasteiger partial charge >= 0.3 is 0 Å². The molecular formula is C12H20. The summed E-state index contributed by atoms with van der Waals surface area (Å²) in [6.07, 6.45) is 8.16. The van der Waals surface area contributed by atoms with Gasteiger partial charge in [0, 0.05) is 0 Å². The van der Waals surface area contributed by atoms with Crippen molar-refractivity contribution >= 4 is 0 Å². The van der Waals surface area contributed by atoms with Crippen LogP contribution in [0, 0.1) is 17.3 Å². The molecule has 2 aliphatic carbocycles. The van der Waals surface area contributed by atoms with Crippen LogP contribution in [0.4, 0.5) is 0 Å². The maximum Gasteiger partial charge on any atom is -0.0113 e. The maximum absolute atomic E-state index is 2.49. The molecule has 2 unspecified atom stereocenters. The molecule has 0 aromatic rings. The molecule has 0 N–H and O–H groups in total. The van der Waals surface area contributed by atoms with Gasteiger partial charge < -0.3 is 0 Å². The van der Waals surface area contributed by atoms with Gasteiger partial charge in [-0.2, -0.15) is 0 Å². The lowest BCUT2D eigenvalue weighted by atomic mass is 9.72. The summed E-state index contributed by atoms with van der Waals surface area (Å²) in [5.74, 6) is 1.96. The number of hydrogen-bond acceptors (Lipinski definition) is 0. The van der Waals surface area contributed by atoms with Crippen molar-refractivity contribution in [3.8, 4) is 0 Å². The van der Waals surface area contributed by atoms with Gasteiger partial charge in [-0.05, 0) is 42.9 Å². The van der Waals surface area contributed by atoms with E-state index in [0.29, 0.717) is 5.41 Å². The Balaban J connectivity index is 2.29. The molecule has 0 amide bonds. The van der Waals surface area contributed by atoms with Crippen LogP contribution < -0.4 is 0 Å². The van der Waals surface area contributed by atoms with Crippen LogP contribution in [0.5, 0.6) is 0 Å². The summed E-state index contributed by atoms with van der Waals surface area (Å²) >= 11 is 0. The first-order valence-electron chi connectivity index (χ1n) is 5.36. The van der Waals surface area contributed by atoms with Gasteiger partial charge in [-0.25, -0.2) is 0 Å². The van der Waals surface area contributed by atoms with Crippen molar-refractivity contribution in [3.05, 3.63) is 11.6 Å². The molecule has 68 valence electrons. The Morgan fingerprint density at radius 2 is 2.17 bits per heavy atom. The van der Waals surface area contributed by atoms with Gasteiger partial charge in [-0.1, -0.05) is 32.4 Å². The van der Waals surface area contributed by atoms with Crippen LogP contribution in [0.2, 0.25) is 0 Å². The average Bonchev–Trinajstić information content (AvgIpc) is 2.53. The lowest BCUT2D eigenvalue weighted by molar-refractivity contribution is 0.287. The predicted octanol–water partition coefficient (Wildman–Crippen LogP) is 3.78. The molecule has 0 heteroatoms. The van der Waals surface area contributed by atoms with E-state index in [1.54, 1.807) is 5.57 Å². The van der Waals surface area contributed by atoms with Crippen LogP contribution >= 0.6 is 0 Å². The normalized spacial score (nSPS) is 41.1. The maximum atomic E-state index is 2.49. The summed E-state index contributed by atoms with van der Waals surface area (Å²) < 4.78 is 0. The van der Waals surface area contributed by atoms with E-state index < -0.39 is 0 Å². The molecule has 0 aromatic carbocycles. The molecule has 0 nitrogen and oxygen atoms in total. The number of rotatable bonds is 1. The summed E-state index contributed by atoms with van der Waals surface area (Å²) in [5, 5.41) is 0. The third kappa shape index (κ3) is 0.967. The Kier molecular flexibility index (Phi) is 1.82. The van der Waals surface area contributed by atoms with Crippen molar-refractivity contribution in [3.63, 3.8) is 0 Å². The Morgan fingerprint density at radius 1 is 1.42 bits per heavy atom. The van der Waals surface area contributed by atoms with Gasteiger partial charge in [0.05, 0.1) is 0 Å². The molecule has 2 rings (SSSR count).